The fourth-order valence-corrected chi connectivity index (χ4v) is 1.63. The van der Waals surface area contributed by atoms with Crippen LogP contribution in [0.1, 0.15) is 24.8 Å². The van der Waals surface area contributed by atoms with E-state index in [9.17, 15) is 9.59 Å². The van der Waals surface area contributed by atoms with Crippen molar-refractivity contribution in [1.29, 1.82) is 0 Å². The van der Waals surface area contributed by atoms with E-state index in [1.54, 1.807) is 18.2 Å². The van der Waals surface area contributed by atoms with Crippen molar-refractivity contribution in [3.05, 3.63) is 29.8 Å². The second-order valence-corrected chi connectivity index (χ2v) is 4.09. The van der Waals surface area contributed by atoms with Gasteiger partial charge < -0.3 is 16.8 Å². The Morgan fingerprint density at radius 2 is 1.89 bits per heavy atom. The van der Waals surface area contributed by atoms with Crippen molar-refractivity contribution in [1.82, 2.24) is 0 Å². The highest BCUT2D eigenvalue weighted by molar-refractivity contribution is 5.92. The molecule has 5 heteroatoms. The number of anilines is 1. The number of nitrogens with two attached hydrogens (primary N) is 2. The number of primary amides is 1. The van der Waals surface area contributed by atoms with Gasteiger partial charge in [-0.1, -0.05) is 18.2 Å². The standard InChI is InChI=1S/C13H19N3O2/c14-8-4-3-7-13(18)16-11-6-2-1-5-10(11)9-12(15)17/h1-2,5-6H,3-4,7-9,14H2,(H2,15,17)(H,16,18). The number of para-hydroxylation sites is 1. The van der Waals surface area contributed by atoms with Gasteiger partial charge in [0, 0.05) is 12.1 Å². The molecule has 0 saturated carbocycles. The van der Waals surface area contributed by atoms with E-state index in [-0.39, 0.29) is 12.3 Å². The lowest BCUT2D eigenvalue weighted by atomic mass is 10.1. The van der Waals surface area contributed by atoms with Gasteiger partial charge in [-0.05, 0) is 31.0 Å². The van der Waals surface area contributed by atoms with E-state index in [1.165, 1.54) is 0 Å². The normalized spacial score (nSPS) is 10.1. The maximum Gasteiger partial charge on any atom is 0.224 e. The molecule has 5 N–H and O–H groups in total. The highest BCUT2D eigenvalue weighted by atomic mass is 16.2. The third-order valence-corrected chi connectivity index (χ3v) is 2.51. The van der Waals surface area contributed by atoms with Crippen LogP contribution < -0.4 is 16.8 Å². The summed E-state index contributed by atoms with van der Waals surface area (Å²) in [7, 11) is 0. The molecule has 0 heterocycles. The summed E-state index contributed by atoms with van der Waals surface area (Å²) in [5.74, 6) is -0.486. The van der Waals surface area contributed by atoms with Gasteiger partial charge in [0.2, 0.25) is 11.8 Å². The van der Waals surface area contributed by atoms with Crippen molar-refractivity contribution < 1.29 is 9.59 Å². The van der Waals surface area contributed by atoms with Crippen LogP contribution in [0.5, 0.6) is 0 Å². The molecule has 0 aliphatic heterocycles. The molecule has 0 radical (unpaired) electrons. The lowest BCUT2D eigenvalue weighted by Crippen LogP contribution is -2.17. The van der Waals surface area contributed by atoms with Crippen molar-refractivity contribution in [2.24, 2.45) is 11.5 Å². The minimum Gasteiger partial charge on any atom is -0.369 e. The summed E-state index contributed by atoms with van der Waals surface area (Å²) in [6.07, 6.45) is 2.15. The number of unbranched alkanes of at least 4 members (excludes halogenated alkanes) is 1. The quantitative estimate of drug-likeness (QED) is 0.623. The van der Waals surface area contributed by atoms with Gasteiger partial charge in [0.25, 0.3) is 0 Å². The predicted molar refractivity (Wildman–Crippen MR) is 70.9 cm³/mol. The maximum atomic E-state index is 11.7. The summed E-state index contributed by atoms with van der Waals surface area (Å²) in [4.78, 5) is 22.6. The molecule has 18 heavy (non-hydrogen) atoms. The first kappa shape index (κ1) is 14.2. The molecule has 5 nitrogen and oxygen atoms in total. The van der Waals surface area contributed by atoms with Crippen LogP contribution in [0.3, 0.4) is 0 Å². The summed E-state index contributed by atoms with van der Waals surface area (Å²) < 4.78 is 0. The highest BCUT2D eigenvalue weighted by Gasteiger charge is 2.08. The number of amides is 2. The molecule has 1 rings (SSSR count). The molecule has 0 saturated heterocycles. The molecule has 0 atom stereocenters. The summed E-state index contributed by atoms with van der Waals surface area (Å²) in [6.45, 7) is 0.589. The Morgan fingerprint density at radius 3 is 2.56 bits per heavy atom. The second kappa shape index (κ2) is 7.45. The molecule has 0 bridgehead atoms. The van der Waals surface area contributed by atoms with E-state index in [2.05, 4.69) is 5.32 Å². The van der Waals surface area contributed by atoms with Crippen LogP contribution in [0.15, 0.2) is 24.3 Å². The smallest absolute Gasteiger partial charge is 0.224 e. The fraction of sp³-hybridized carbons (Fsp3) is 0.385. The Bertz CT molecular complexity index is 418. The van der Waals surface area contributed by atoms with Crippen LogP contribution in [0.25, 0.3) is 0 Å². The maximum absolute atomic E-state index is 11.7. The average molecular weight is 249 g/mol. The van der Waals surface area contributed by atoms with Gasteiger partial charge in [0.1, 0.15) is 0 Å². The summed E-state index contributed by atoms with van der Waals surface area (Å²) in [5.41, 5.74) is 11.9. The van der Waals surface area contributed by atoms with Gasteiger partial charge in [-0.15, -0.1) is 0 Å². The number of carbonyl (C=O) groups is 2. The van der Waals surface area contributed by atoms with Crippen LogP contribution in [0, 0.1) is 0 Å². The van der Waals surface area contributed by atoms with E-state index in [1.807, 2.05) is 6.07 Å². The van der Waals surface area contributed by atoms with E-state index in [4.69, 9.17) is 11.5 Å². The zero-order valence-electron chi connectivity index (χ0n) is 10.3. The third kappa shape index (κ3) is 4.97. The number of benzene rings is 1. The van der Waals surface area contributed by atoms with Crippen molar-refractivity contribution in [2.75, 3.05) is 11.9 Å². The SMILES string of the molecule is NCCCCC(=O)Nc1ccccc1CC(N)=O. The molecule has 1 aromatic rings. The number of hydrogen-bond donors (Lipinski definition) is 3. The molecule has 98 valence electrons. The Balaban J connectivity index is 2.60. The Hall–Kier alpha value is -1.88. The monoisotopic (exact) mass is 249 g/mol. The van der Waals surface area contributed by atoms with Crippen LogP contribution in [0.2, 0.25) is 0 Å². The molecular formula is C13H19N3O2. The Labute approximate surface area is 107 Å². The minimum atomic E-state index is -0.417. The summed E-state index contributed by atoms with van der Waals surface area (Å²) >= 11 is 0. The molecule has 2 amide bonds. The molecule has 0 unspecified atom stereocenters. The number of carbonyl (C=O) groups excluding carboxylic acids is 2. The van der Waals surface area contributed by atoms with E-state index < -0.39 is 5.91 Å². The van der Waals surface area contributed by atoms with Crippen LogP contribution in [0.4, 0.5) is 5.69 Å². The van der Waals surface area contributed by atoms with Crippen LogP contribution in [-0.2, 0) is 16.0 Å². The number of nitrogens with one attached hydrogen (secondary N) is 1. The zero-order chi connectivity index (χ0) is 13.4. The molecule has 0 fully saturated rings. The topological polar surface area (TPSA) is 98.2 Å². The molecule has 1 aromatic carbocycles. The van der Waals surface area contributed by atoms with Gasteiger partial charge >= 0.3 is 0 Å². The van der Waals surface area contributed by atoms with Crippen molar-refractivity contribution in [2.45, 2.75) is 25.7 Å². The second-order valence-electron chi connectivity index (χ2n) is 4.09. The largest absolute Gasteiger partial charge is 0.369 e. The first-order valence-electron chi connectivity index (χ1n) is 5.99. The van der Waals surface area contributed by atoms with Crippen molar-refractivity contribution in [3.8, 4) is 0 Å². The summed E-state index contributed by atoms with van der Waals surface area (Å²) in [5, 5.41) is 2.79. The Kier molecular flexibility index (Phi) is 5.87. The number of hydrogen-bond acceptors (Lipinski definition) is 3. The highest BCUT2D eigenvalue weighted by Crippen LogP contribution is 2.16. The molecule has 0 spiro atoms. The van der Waals surface area contributed by atoms with E-state index in [0.29, 0.717) is 18.7 Å². The molecular weight excluding hydrogens is 230 g/mol. The summed E-state index contributed by atoms with van der Waals surface area (Å²) in [6, 6.07) is 7.15. The van der Waals surface area contributed by atoms with Gasteiger partial charge in [0.15, 0.2) is 0 Å². The molecule has 0 aliphatic rings. The lowest BCUT2D eigenvalue weighted by Gasteiger charge is -2.09. The van der Waals surface area contributed by atoms with Crippen molar-refractivity contribution >= 4 is 17.5 Å². The molecule has 0 aromatic heterocycles. The third-order valence-electron chi connectivity index (χ3n) is 2.51. The average Bonchev–Trinajstić information content (AvgIpc) is 2.31. The number of rotatable bonds is 7. The van der Waals surface area contributed by atoms with Gasteiger partial charge in [0.05, 0.1) is 6.42 Å². The first-order chi connectivity index (χ1) is 8.63. The minimum absolute atomic E-state index is 0.0691. The van der Waals surface area contributed by atoms with Crippen LogP contribution in [-0.4, -0.2) is 18.4 Å². The predicted octanol–water partition coefficient (Wildman–Crippen LogP) is 0.782. The van der Waals surface area contributed by atoms with Crippen molar-refractivity contribution in [3.63, 3.8) is 0 Å². The van der Waals surface area contributed by atoms with Crippen LogP contribution >= 0.6 is 0 Å². The van der Waals surface area contributed by atoms with Gasteiger partial charge in [-0.3, -0.25) is 9.59 Å². The first-order valence-corrected chi connectivity index (χ1v) is 5.99. The van der Waals surface area contributed by atoms with E-state index >= 15 is 0 Å². The van der Waals surface area contributed by atoms with Gasteiger partial charge in [-0.25, -0.2) is 0 Å². The zero-order valence-corrected chi connectivity index (χ0v) is 10.3. The molecule has 0 aliphatic carbocycles. The fourth-order valence-electron chi connectivity index (χ4n) is 1.63. The lowest BCUT2D eigenvalue weighted by molar-refractivity contribution is -0.118. The van der Waals surface area contributed by atoms with Gasteiger partial charge in [-0.2, -0.15) is 0 Å². The van der Waals surface area contributed by atoms with E-state index in [0.717, 1.165) is 18.4 Å². The Morgan fingerprint density at radius 1 is 1.17 bits per heavy atom.